The molecule has 0 unspecified atom stereocenters. The second-order valence-corrected chi connectivity index (χ2v) is 5.74. The zero-order chi connectivity index (χ0) is 12.2. The van der Waals surface area contributed by atoms with Crippen LogP contribution in [0, 0.1) is 0 Å². The van der Waals surface area contributed by atoms with Crippen molar-refractivity contribution >= 4 is 9.84 Å². The Hall–Kier alpha value is -0.940. The van der Waals surface area contributed by atoms with Crippen molar-refractivity contribution in [3.05, 3.63) is 29.8 Å². The zero-order valence-electron chi connectivity index (χ0n) is 9.06. The normalized spacial score (nSPS) is 13.7. The molecule has 0 heterocycles. The molecule has 0 fully saturated rings. The van der Waals surface area contributed by atoms with E-state index in [0.29, 0.717) is 5.56 Å². The first kappa shape index (κ1) is 13.1. The SMILES string of the molecule is CCS(=O)(=O)c1ccc([C@@H](O)CCF)cc1. The fourth-order valence-electron chi connectivity index (χ4n) is 1.33. The van der Waals surface area contributed by atoms with Crippen LogP contribution in [0.4, 0.5) is 4.39 Å². The number of benzene rings is 1. The van der Waals surface area contributed by atoms with E-state index in [1.165, 1.54) is 24.3 Å². The van der Waals surface area contributed by atoms with E-state index in [-0.39, 0.29) is 17.1 Å². The van der Waals surface area contributed by atoms with Gasteiger partial charge in [-0.05, 0) is 17.7 Å². The molecular formula is C11H15FO3S. The number of aliphatic hydroxyl groups excluding tert-OH is 1. The molecule has 3 nitrogen and oxygen atoms in total. The standard InChI is InChI=1S/C11H15FO3S/c1-2-16(14,15)10-5-3-9(4-6-10)11(13)7-8-12/h3-6,11,13H,2,7-8H2,1H3/t11-/m0/s1. The third-order valence-corrected chi connectivity index (χ3v) is 4.14. The first-order valence-corrected chi connectivity index (χ1v) is 6.73. The van der Waals surface area contributed by atoms with Crippen LogP contribution in [0.15, 0.2) is 29.2 Å². The van der Waals surface area contributed by atoms with E-state index < -0.39 is 22.6 Å². The first-order valence-electron chi connectivity index (χ1n) is 5.08. The molecule has 16 heavy (non-hydrogen) atoms. The Bertz CT molecular complexity index is 425. The maximum Gasteiger partial charge on any atom is 0.178 e. The summed E-state index contributed by atoms with van der Waals surface area (Å²) in [4.78, 5) is 0.228. The molecule has 1 aromatic carbocycles. The Morgan fingerprint density at radius 3 is 2.31 bits per heavy atom. The second kappa shape index (κ2) is 5.41. The quantitative estimate of drug-likeness (QED) is 0.863. The summed E-state index contributed by atoms with van der Waals surface area (Å²) in [6, 6.07) is 5.91. The van der Waals surface area contributed by atoms with Gasteiger partial charge in [-0.3, -0.25) is 4.39 Å². The highest BCUT2D eigenvalue weighted by Crippen LogP contribution is 2.19. The fourth-order valence-corrected chi connectivity index (χ4v) is 2.22. The third kappa shape index (κ3) is 3.02. The molecule has 5 heteroatoms. The van der Waals surface area contributed by atoms with Crippen LogP contribution >= 0.6 is 0 Å². The summed E-state index contributed by atoms with van der Waals surface area (Å²) in [7, 11) is -3.21. The Balaban J connectivity index is 2.91. The van der Waals surface area contributed by atoms with Gasteiger partial charge in [-0.2, -0.15) is 0 Å². The van der Waals surface area contributed by atoms with Crippen LogP contribution in [-0.2, 0) is 9.84 Å². The first-order chi connectivity index (χ1) is 7.51. The summed E-state index contributed by atoms with van der Waals surface area (Å²) in [5, 5.41) is 9.48. The van der Waals surface area contributed by atoms with Crippen LogP contribution in [-0.4, -0.2) is 26.0 Å². The summed E-state index contributed by atoms with van der Waals surface area (Å²) < 4.78 is 35.0. The molecule has 0 saturated heterocycles. The Morgan fingerprint density at radius 1 is 1.31 bits per heavy atom. The van der Waals surface area contributed by atoms with Gasteiger partial charge in [0.05, 0.1) is 23.4 Å². The largest absolute Gasteiger partial charge is 0.388 e. The number of hydrogen-bond donors (Lipinski definition) is 1. The molecule has 0 saturated carbocycles. The maximum absolute atomic E-state index is 12.0. The highest BCUT2D eigenvalue weighted by Gasteiger charge is 2.12. The van der Waals surface area contributed by atoms with Crippen LogP contribution < -0.4 is 0 Å². The molecule has 1 N–H and O–H groups in total. The summed E-state index contributed by atoms with van der Waals surface area (Å²) in [5.74, 6) is 0.0411. The van der Waals surface area contributed by atoms with Crippen molar-refractivity contribution in [3.8, 4) is 0 Å². The number of rotatable bonds is 5. The minimum absolute atomic E-state index is 0.0277. The average Bonchev–Trinajstić information content (AvgIpc) is 2.29. The van der Waals surface area contributed by atoms with E-state index >= 15 is 0 Å². The molecule has 1 aromatic rings. The van der Waals surface area contributed by atoms with Crippen molar-refractivity contribution in [2.24, 2.45) is 0 Å². The zero-order valence-corrected chi connectivity index (χ0v) is 9.87. The van der Waals surface area contributed by atoms with Gasteiger partial charge in [0.2, 0.25) is 0 Å². The number of halogens is 1. The fraction of sp³-hybridized carbons (Fsp3) is 0.455. The molecule has 1 rings (SSSR count). The third-order valence-electron chi connectivity index (χ3n) is 2.39. The lowest BCUT2D eigenvalue weighted by molar-refractivity contribution is 0.156. The minimum Gasteiger partial charge on any atom is -0.388 e. The topological polar surface area (TPSA) is 54.4 Å². The highest BCUT2D eigenvalue weighted by atomic mass is 32.2. The van der Waals surface area contributed by atoms with Gasteiger partial charge in [0.15, 0.2) is 9.84 Å². The highest BCUT2D eigenvalue weighted by molar-refractivity contribution is 7.91. The second-order valence-electron chi connectivity index (χ2n) is 3.47. The number of alkyl halides is 1. The monoisotopic (exact) mass is 246 g/mol. The van der Waals surface area contributed by atoms with Crippen LogP contribution in [0.3, 0.4) is 0 Å². The van der Waals surface area contributed by atoms with E-state index in [1.807, 2.05) is 0 Å². The minimum atomic E-state index is -3.21. The van der Waals surface area contributed by atoms with Gasteiger partial charge >= 0.3 is 0 Å². The smallest absolute Gasteiger partial charge is 0.178 e. The van der Waals surface area contributed by atoms with Crippen molar-refractivity contribution in [1.82, 2.24) is 0 Å². The van der Waals surface area contributed by atoms with E-state index in [9.17, 15) is 17.9 Å². The number of sulfone groups is 1. The van der Waals surface area contributed by atoms with Gasteiger partial charge in [0, 0.05) is 6.42 Å². The molecule has 0 aliphatic rings. The Morgan fingerprint density at radius 2 is 1.88 bits per heavy atom. The van der Waals surface area contributed by atoms with E-state index in [1.54, 1.807) is 6.92 Å². The number of aliphatic hydroxyl groups is 1. The molecule has 0 amide bonds. The molecule has 0 aromatic heterocycles. The van der Waals surface area contributed by atoms with Crippen LogP contribution in [0.25, 0.3) is 0 Å². The van der Waals surface area contributed by atoms with Crippen molar-refractivity contribution in [1.29, 1.82) is 0 Å². The van der Waals surface area contributed by atoms with Crippen LogP contribution in [0.2, 0.25) is 0 Å². The lowest BCUT2D eigenvalue weighted by atomic mass is 10.1. The summed E-state index contributed by atoms with van der Waals surface area (Å²) in [6.45, 7) is 0.970. The van der Waals surface area contributed by atoms with Crippen molar-refractivity contribution < 1.29 is 17.9 Å². The molecule has 0 bridgehead atoms. The molecule has 0 aliphatic heterocycles. The Kier molecular flexibility index (Phi) is 4.44. The molecule has 0 aliphatic carbocycles. The van der Waals surface area contributed by atoms with Gasteiger partial charge < -0.3 is 5.11 Å². The van der Waals surface area contributed by atoms with Crippen molar-refractivity contribution in [3.63, 3.8) is 0 Å². The van der Waals surface area contributed by atoms with Gasteiger partial charge in [-0.15, -0.1) is 0 Å². The predicted octanol–water partition coefficient (Wildman–Crippen LogP) is 1.87. The summed E-state index contributed by atoms with van der Waals surface area (Å²) >= 11 is 0. The number of hydrogen-bond acceptors (Lipinski definition) is 3. The van der Waals surface area contributed by atoms with Crippen LogP contribution in [0.5, 0.6) is 0 Å². The van der Waals surface area contributed by atoms with Gasteiger partial charge in [0.1, 0.15) is 0 Å². The van der Waals surface area contributed by atoms with Crippen molar-refractivity contribution in [2.75, 3.05) is 12.4 Å². The molecule has 0 spiro atoms. The predicted molar refractivity (Wildman–Crippen MR) is 59.7 cm³/mol. The van der Waals surface area contributed by atoms with E-state index in [2.05, 4.69) is 0 Å². The summed E-state index contributed by atoms with van der Waals surface area (Å²) in [6.07, 6.45) is -0.844. The van der Waals surface area contributed by atoms with Crippen molar-refractivity contribution in [2.45, 2.75) is 24.3 Å². The molecular weight excluding hydrogens is 231 g/mol. The van der Waals surface area contributed by atoms with Gasteiger partial charge in [-0.1, -0.05) is 19.1 Å². The van der Waals surface area contributed by atoms with Gasteiger partial charge in [0.25, 0.3) is 0 Å². The lowest BCUT2D eigenvalue weighted by Gasteiger charge is -2.09. The molecule has 1 atom stereocenters. The van der Waals surface area contributed by atoms with Crippen LogP contribution in [0.1, 0.15) is 25.0 Å². The van der Waals surface area contributed by atoms with Gasteiger partial charge in [-0.25, -0.2) is 8.42 Å². The molecule has 0 radical (unpaired) electrons. The average molecular weight is 246 g/mol. The molecule has 90 valence electrons. The lowest BCUT2D eigenvalue weighted by Crippen LogP contribution is -2.04. The Labute approximate surface area is 94.8 Å². The maximum atomic E-state index is 12.0. The van der Waals surface area contributed by atoms with E-state index in [0.717, 1.165) is 0 Å². The van der Waals surface area contributed by atoms with E-state index in [4.69, 9.17) is 0 Å². The summed E-state index contributed by atoms with van der Waals surface area (Å²) in [5.41, 5.74) is 0.535.